The second kappa shape index (κ2) is 7.38. The Balaban J connectivity index is 1.47. The van der Waals surface area contributed by atoms with Gasteiger partial charge >= 0.3 is 0 Å². The number of nitrogens with one attached hydrogen (secondary N) is 1. The second-order valence-corrected chi connectivity index (χ2v) is 7.05. The van der Waals surface area contributed by atoms with Crippen molar-refractivity contribution in [1.29, 1.82) is 0 Å². The molecule has 1 aliphatic rings. The summed E-state index contributed by atoms with van der Waals surface area (Å²) in [5.41, 5.74) is 4.11. The molecule has 3 aromatic carbocycles. The van der Waals surface area contributed by atoms with Gasteiger partial charge in [0, 0.05) is 25.6 Å². The van der Waals surface area contributed by atoms with Crippen LogP contribution in [0.1, 0.15) is 41.4 Å². The highest BCUT2D eigenvalue weighted by Crippen LogP contribution is 2.38. The van der Waals surface area contributed by atoms with Gasteiger partial charge in [0.2, 0.25) is 0 Å². The summed E-state index contributed by atoms with van der Waals surface area (Å²) < 4.78 is 0. The molecule has 0 radical (unpaired) electrons. The quantitative estimate of drug-likeness (QED) is 0.717. The van der Waals surface area contributed by atoms with E-state index in [1.165, 1.54) is 27.5 Å². The van der Waals surface area contributed by atoms with Crippen molar-refractivity contribution < 1.29 is 5.11 Å². The number of hydrogen-bond donors (Lipinski definition) is 2. The minimum Gasteiger partial charge on any atom is -0.396 e. The Hall–Kier alpha value is -2.16. The summed E-state index contributed by atoms with van der Waals surface area (Å²) in [6.45, 7) is 2.13. The van der Waals surface area contributed by atoms with Gasteiger partial charge in [-0.15, -0.1) is 0 Å². The fourth-order valence-corrected chi connectivity index (χ4v) is 4.20. The number of benzene rings is 3. The molecule has 0 aliphatic heterocycles. The van der Waals surface area contributed by atoms with Crippen LogP contribution in [0.3, 0.4) is 0 Å². The Kier molecular flexibility index (Phi) is 4.82. The van der Waals surface area contributed by atoms with Crippen LogP contribution >= 0.6 is 0 Å². The van der Waals surface area contributed by atoms with Crippen molar-refractivity contribution in [3.63, 3.8) is 0 Å². The lowest BCUT2D eigenvalue weighted by atomic mass is 9.77. The lowest BCUT2D eigenvalue weighted by molar-refractivity contribution is 0.247. The monoisotopic (exact) mass is 331 g/mol. The molecule has 4 rings (SSSR count). The van der Waals surface area contributed by atoms with Gasteiger partial charge in [0.15, 0.2) is 0 Å². The van der Waals surface area contributed by atoms with Crippen molar-refractivity contribution in [2.75, 3.05) is 13.2 Å². The molecule has 0 heterocycles. The van der Waals surface area contributed by atoms with Crippen molar-refractivity contribution in [2.45, 2.75) is 31.2 Å². The predicted molar refractivity (Wildman–Crippen MR) is 104 cm³/mol. The van der Waals surface area contributed by atoms with Crippen molar-refractivity contribution >= 4 is 10.8 Å². The molecular weight excluding hydrogens is 306 g/mol. The first-order valence-electron chi connectivity index (χ1n) is 9.24. The molecule has 2 heteroatoms. The Labute approximate surface area is 149 Å². The van der Waals surface area contributed by atoms with Gasteiger partial charge in [-0.05, 0) is 46.2 Å². The first-order chi connectivity index (χ1) is 12.4. The fraction of sp³-hybridized carbons (Fsp3) is 0.304. The van der Waals surface area contributed by atoms with Gasteiger partial charge in [-0.25, -0.2) is 0 Å². The van der Waals surface area contributed by atoms with Gasteiger partial charge in [0.1, 0.15) is 0 Å². The second-order valence-electron chi connectivity index (χ2n) is 7.05. The van der Waals surface area contributed by atoms with E-state index in [-0.39, 0.29) is 6.61 Å². The highest BCUT2D eigenvalue weighted by molar-refractivity contribution is 5.85. The van der Waals surface area contributed by atoms with Gasteiger partial charge in [-0.1, -0.05) is 66.7 Å². The van der Waals surface area contributed by atoms with Crippen LogP contribution in [0.15, 0.2) is 66.7 Å². The third-order valence-corrected chi connectivity index (χ3v) is 5.55. The third-order valence-electron chi connectivity index (χ3n) is 5.55. The lowest BCUT2D eigenvalue weighted by Gasteiger charge is -2.31. The maximum Gasteiger partial charge on any atom is 0.0499 e. The molecule has 2 unspecified atom stereocenters. The normalized spacial score (nSPS) is 19.7. The predicted octanol–water partition coefficient (Wildman–Crippen LogP) is 4.58. The van der Waals surface area contributed by atoms with E-state index in [4.69, 9.17) is 0 Å². The molecule has 2 atom stereocenters. The molecule has 3 aromatic rings. The number of aliphatic hydroxyl groups is 1. The molecule has 0 saturated heterocycles. The molecule has 2 N–H and O–H groups in total. The summed E-state index contributed by atoms with van der Waals surface area (Å²) >= 11 is 0. The van der Waals surface area contributed by atoms with Crippen LogP contribution in [0.2, 0.25) is 0 Å². The van der Waals surface area contributed by atoms with Crippen LogP contribution < -0.4 is 5.32 Å². The molecule has 0 spiro atoms. The topological polar surface area (TPSA) is 32.3 Å². The Morgan fingerprint density at radius 2 is 1.48 bits per heavy atom. The number of aliphatic hydroxyl groups excluding tert-OH is 1. The van der Waals surface area contributed by atoms with E-state index >= 15 is 0 Å². The van der Waals surface area contributed by atoms with Crippen LogP contribution in [0, 0.1) is 0 Å². The van der Waals surface area contributed by atoms with Crippen molar-refractivity contribution in [3.05, 3.63) is 83.4 Å². The van der Waals surface area contributed by atoms with Gasteiger partial charge in [0.05, 0.1) is 0 Å². The van der Waals surface area contributed by atoms with Gasteiger partial charge in [-0.3, -0.25) is 0 Å². The first-order valence-corrected chi connectivity index (χ1v) is 9.24. The van der Waals surface area contributed by atoms with Crippen molar-refractivity contribution in [3.8, 4) is 0 Å². The minimum absolute atomic E-state index is 0.257. The van der Waals surface area contributed by atoms with Crippen molar-refractivity contribution in [1.82, 2.24) is 5.32 Å². The van der Waals surface area contributed by atoms with E-state index in [0.29, 0.717) is 11.8 Å². The molecule has 25 heavy (non-hydrogen) atoms. The van der Waals surface area contributed by atoms with Gasteiger partial charge in [0.25, 0.3) is 0 Å². The first kappa shape index (κ1) is 16.3. The summed E-state index contributed by atoms with van der Waals surface area (Å²) in [6, 6.07) is 23.7. The fourth-order valence-electron chi connectivity index (χ4n) is 4.20. The summed E-state index contributed by atoms with van der Waals surface area (Å²) in [6.07, 6.45) is 2.22. The molecule has 0 bridgehead atoms. The zero-order valence-electron chi connectivity index (χ0n) is 14.5. The maximum absolute atomic E-state index is 9.63. The van der Waals surface area contributed by atoms with E-state index in [2.05, 4.69) is 72.0 Å². The van der Waals surface area contributed by atoms with Crippen LogP contribution in [0.4, 0.5) is 0 Å². The Morgan fingerprint density at radius 1 is 0.800 bits per heavy atom. The molecular formula is C23H25NO. The average Bonchev–Trinajstić information content (AvgIpc) is 2.68. The van der Waals surface area contributed by atoms with Crippen LogP contribution in [0.5, 0.6) is 0 Å². The van der Waals surface area contributed by atoms with E-state index in [9.17, 15) is 5.11 Å². The lowest BCUT2D eigenvalue weighted by Crippen LogP contribution is -2.26. The zero-order valence-corrected chi connectivity index (χ0v) is 14.5. The van der Waals surface area contributed by atoms with Crippen LogP contribution in [-0.4, -0.2) is 18.3 Å². The molecule has 1 aliphatic carbocycles. The van der Waals surface area contributed by atoms with E-state index in [0.717, 1.165) is 25.9 Å². The minimum atomic E-state index is 0.257. The number of hydrogen-bond acceptors (Lipinski definition) is 2. The van der Waals surface area contributed by atoms with Gasteiger partial charge in [-0.2, -0.15) is 0 Å². The average molecular weight is 331 g/mol. The molecule has 0 fully saturated rings. The highest BCUT2D eigenvalue weighted by atomic mass is 16.3. The SMILES string of the molecule is OCC1CCC(CNCc2cccc3ccccc23)c2ccccc21. The Bertz CT molecular complexity index is 852. The van der Waals surface area contributed by atoms with E-state index in [1.54, 1.807) is 0 Å². The largest absolute Gasteiger partial charge is 0.396 e. The molecule has 0 saturated carbocycles. The molecule has 2 nitrogen and oxygen atoms in total. The zero-order chi connectivity index (χ0) is 17.1. The summed E-state index contributed by atoms with van der Waals surface area (Å²) in [4.78, 5) is 0. The summed E-state index contributed by atoms with van der Waals surface area (Å²) in [5.74, 6) is 0.847. The molecule has 128 valence electrons. The maximum atomic E-state index is 9.63. The van der Waals surface area contributed by atoms with E-state index in [1.807, 2.05) is 0 Å². The molecule has 0 amide bonds. The van der Waals surface area contributed by atoms with Gasteiger partial charge < -0.3 is 10.4 Å². The third kappa shape index (κ3) is 3.33. The van der Waals surface area contributed by atoms with E-state index < -0.39 is 0 Å². The standard InChI is InChI=1S/C23H25NO/c25-16-20-13-12-19(22-10-3-4-11-23(20)22)15-24-14-18-8-5-7-17-6-1-2-9-21(17)18/h1-11,19-20,24-25H,12-16H2. The van der Waals surface area contributed by atoms with Crippen molar-refractivity contribution in [2.24, 2.45) is 0 Å². The molecule has 0 aromatic heterocycles. The number of fused-ring (bicyclic) bond motifs is 2. The highest BCUT2D eigenvalue weighted by Gasteiger charge is 2.26. The van der Waals surface area contributed by atoms with Crippen LogP contribution in [-0.2, 0) is 6.54 Å². The number of rotatable bonds is 5. The summed E-state index contributed by atoms with van der Waals surface area (Å²) in [5, 5.41) is 15.9. The smallest absolute Gasteiger partial charge is 0.0499 e. The summed E-state index contributed by atoms with van der Waals surface area (Å²) in [7, 11) is 0. The Morgan fingerprint density at radius 3 is 2.32 bits per heavy atom. The van der Waals surface area contributed by atoms with Crippen LogP contribution in [0.25, 0.3) is 10.8 Å².